The molecule has 1 aromatic heterocycles. The molecule has 0 atom stereocenters. The van der Waals surface area contributed by atoms with Crippen LogP contribution in [0.15, 0.2) is 16.7 Å². The summed E-state index contributed by atoms with van der Waals surface area (Å²) < 4.78 is 50.5. The number of nitrogens with zero attached hydrogens (tertiary/aromatic N) is 2. The van der Waals surface area contributed by atoms with E-state index in [0.29, 0.717) is 38.0 Å². The molecule has 0 bridgehead atoms. The van der Waals surface area contributed by atoms with Crippen LogP contribution in [-0.2, 0) is 17.4 Å². The Hall–Kier alpha value is -2.29. The second-order valence-electron chi connectivity index (χ2n) is 6.53. The van der Waals surface area contributed by atoms with Crippen molar-refractivity contribution in [1.82, 2.24) is 15.4 Å². The Morgan fingerprint density at radius 1 is 1.37 bits per heavy atom. The third-order valence-electron chi connectivity index (χ3n) is 4.45. The molecule has 1 amide bonds. The molecule has 0 spiro atoms. The number of benzene rings is 1. The third-order valence-corrected chi connectivity index (χ3v) is 4.45. The van der Waals surface area contributed by atoms with Crippen molar-refractivity contribution in [1.29, 1.82) is 0 Å². The lowest BCUT2D eigenvalue weighted by molar-refractivity contribution is -0.141. The van der Waals surface area contributed by atoms with Crippen molar-refractivity contribution in [2.75, 3.05) is 32.8 Å². The number of fused-ring (bicyclic) bond motifs is 1. The van der Waals surface area contributed by atoms with Crippen LogP contribution in [-0.4, -0.2) is 48.7 Å². The van der Waals surface area contributed by atoms with E-state index in [2.05, 4.69) is 10.5 Å². The van der Waals surface area contributed by atoms with Crippen molar-refractivity contribution in [3.63, 3.8) is 0 Å². The summed E-state index contributed by atoms with van der Waals surface area (Å²) in [5, 5.41) is 5.87. The van der Waals surface area contributed by atoms with Crippen LogP contribution >= 0.6 is 0 Å². The zero-order chi connectivity index (χ0) is 19.4. The van der Waals surface area contributed by atoms with E-state index in [-0.39, 0.29) is 29.2 Å². The van der Waals surface area contributed by atoms with Crippen LogP contribution in [0.1, 0.15) is 31.0 Å². The highest BCUT2D eigenvalue weighted by Gasteiger charge is 2.39. The summed E-state index contributed by atoms with van der Waals surface area (Å²) >= 11 is 0. The molecule has 1 aliphatic rings. The Bertz CT molecular complexity index is 804. The van der Waals surface area contributed by atoms with E-state index in [4.69, 9.17) is 9.26 Å². The lowest BCUT2D eigenvalue weighted by atomic mass is 10.1. The van der Waals surface area contributed by atoms with Crippen molar-refractivity contribution in [3.05, 3.63) is 23.4 Å². The van der Waals surface area contributed by atoms with Gasteiger partial charge in [0, 0.05) is 19.6 Å². The quantitative estimate of drug-likeness (QED) is 0.742. The normalized spacial score (nSPS) is 15.9. The van der Waals surface area contributed by atoms with E-state index in [1.165, 1.54) is 0 Å². The number of rotatable bonds is 7. The molecule has 1 N–H and O–H groups in total. The molecule has 0 radical (unpaired) electrons. The molecule has 27 heavy (non-hydrogen) atoms. The molecule has 2 heterocycles. The fourth-order valence-corrected chi connectivity index (χ4v) is 3.21. The molecule has 3 rings (SSSR count). The number of piperazine rings is 1. The highest BCUT2D eigenvalue weighted by atomic mass is 19.4. The van der Waals surface area contributed by atoms with E-state index in [9.17, 15) is 18.0 Å². The molecule has 0 aliphatic carbocycles. The second-order valence-corrected chi connectivity index (χ2v) is 6.53. The van der Waals surface area contributed by atoms with Crippen molar-refractivity contribution in [3.8, 4) is 5.75 Å². The summed E-state index contributed by atoms with van der Waals surface area (Å²) in [5.74, 6) is 0.101. The maximum atomic E-state index is 13.3. The Balaban J connectivity index is 1.72. The second kappa shape index (κ2) is 8.16. The average Bonchev–Trinajstić information content (AvgIpc) is 3.06. The van der Waals surface area contributed by atoms with Crippen molar-refractivity contribution in [2.24, 2.45) is 0 Å². The SMILES string of the molecule is CCCc1ccc(OCCCN2CCNC(=O)C2)c2c(C(F)(F)F)noc12. The van der Waals surface area contributed by atoms with Gasteiger partial charge in [-0.3, -0.25) is 9.69 Å². The first-order valence-corrected chi connectivity index (χ1v) is 9.00. The fourth-order valence-electron chi connectivity index (χ4n) is 3.21. The molecule has 2 aromatic rings. The summed E-state index contributed by atoms with van der Waals surface area (Å²) in [4.78, 5) is 13.3. The van der Waals surface area contributed by atoms with Crippen LogP contribution in [0.3, 0.4) is 0 Å². The van der Waals surface area contributed by atoms with Gasteiger partial charge in [0.25, 0.3) is 0 Å². The van der Waals surface area contributed by atoms with Gasteiger partial charge < -0.3 is 14.6 Å². The molecule has 1 fully saturated rings. The number of aromatic nitrogens is 1. The predicted molar refractivity (Wildman–Crippen MR) is 92.6 cm³/mol. The van der Waals surface area contributed by atoms with Gasteiger partial charge in [0.2, 0.25) is 5.91 Å². The van der Waals surface area contributed by atoms with E-state index in [1.54, 1.807) is 12.1 Å². The van der Waals surface area contributed by atoms with Gasteiger partial charge in [-0.2, -0.15) is 13.2 Å². The fraction of sp³-hybridized carbons (Fsp3) is 0.556. The number of nitrogens with one attached hydrogen (secondary N) is 1. The van der Waals surface area contributed by atoms with Gasteiger partial charge in [-0.15, -0.1) is 0 Å². The number of amides is 1. The van der Waals surface area contributed by atoms with Crippen LogP contribution in [0.25, 0.3) is 11.0 Å². The molecule has 0 unspecified atom stereocenters. The number of halogens is 3. The summed E-state index contributed by atoms with van der Waals surface area (Å²) in [5.41, 5.74) is -0.241. The first-order valence-electron chi connectivity index (χ1n) is 9.00. The number of ether oxygens (including phenoxy) is 1. The van der Waals surface area contributed by atoms with E-state index < -0.39 is 11.9 Å². The minimum absolute atomic E-state index is 0.0188. The van der Waals surface area contributed by atoms with Crippen LogP contribution in [0.4, 0.5) is 13.2 Å². The molecule has 148 valence electrons. The Morgan fingerprint density at radius 2 is 2.19 bits per heavy atom. The van der Waals surface area contributed by atoms with Gasteiger partial charge in [-0.05, 0) is 24.5 Å². The Labute approximate surface area is 154 Å². The van der Waals surface area contributed by atoms with Crippen LogP contribution < -0.4 is 10.1 Å². The standard InChI is InChI=1S/C18H22F3N3O3/c1-2-4-12-5-6-13(15-16(12)27-23-17(15)18(19,20)21)26-10-3-8-24-9-7-22-14(25)11-24/h5-6H,2-4,7-11H2,1H3,(H,22,25). The molecule has 9 heteroatoms. The van der Waals surface area contributed by atoms with Crippen molar-refractivity contribution >= 4 is 16.9 Å². The van der Waals surface area contributed by atoms with Crippen LogP contribution in [0.5, 0.6) is 5.75 Å². The lowest BCUT2D eigenvalue weighted by Gasteiger charge is -2.26. The summed E-state index contributed by atoms with van der Waals surface area (Å²) in [7, 11) is 0. The first-order chi connectivity index (χ1) is 12.9. The zero-order valence-electron chi connectivity index (χ0n) is 15.1. The average molecular weight is 385 g/mol. The third kappa shape index (κ3) is 4.52. The van der Waals surface area contributed by atoms with Crippen LogP contribution in [0.2, 0.25) is 0 Å². The minimum Gasteiger partial charge on any atom is -0.493 e. The van der Waals surface area contributed by atoms with Gasteiger partial charge in [0.05, 0.1) is 18.5 Å². The molecule has 0 saturated carbocycles. The van der Waals surface area contributed by atoms with Gasteiger partial charge in [0.15, 0.2) is 11.3 Å². The van der Waals surface area contributed by atoms with Gasteiger partial charge in [-0.1, -0.05) is 24.6 Å². The highest BCUT2D eigenvalue weighted by Crippen LogP contribution is 2.40. The Kier molecular flexibility index (Phi) is 5.88. The van der Waals surface area contributed by atoms with Crippen molar-refractivity contribution < 1.29 is 27.2 Å². The number of alkyl halides is 3. The van der Waals surface area contributed by atoms with Crippen molar-refractivity contribution in [2.45, 2.75) is 32.4 Å². The summed E-state index contributed by atoms with van der Waals surface area (Å²) in [6.07, 6.45) is -2.64. The van der Waals surface area contributed by atoms with Gasteiger partial charge in [-0.25, -0.2) is 0 Å². The molecular formula is C18H22F3N3O3. The zero-order valence-corrected chi connectivity index (χ0v) is 15.1. The topological polar surface area (TPSA) is 67.6 Å². The Morgan fingerprint density at radius 3 is 2.89 bits per heavy atom. The van der Waals surface area contributed by atoms with E-state index in [0.717, 1.165) is 13.0 Å². The number of aryl methyl sites for hydroxylation is 1. The lowest BCUT2D eigenvalue weighted by Crippen LogP contribution is -2.47. The molecular weight excluding hydrogens is 363 g/mol. The predicted octanol–water partition coefficient (Wildman–Crippen LogP) is 3.00. The molecule has 1 saturated heterocycles. The smallest absolute Gasteiger partial charge is 0.437 e. The monoisotopic (exact) mass is 385 g/mol. The number of carbonyl (C=O) groups excluding carboxylic acids is 1. The minimum atomic E-state index is -4.62. The maximum Gasteiger partial charge on any atom is 0.437 e. The first kappa shape index (κ1) is 19.5. The number of carbonyl (C=O) groups is 1. The van der Waals surface area contributed by atoms with E-state index in [1.807, 2.05) is 11.8 Å². The highest BCUT2D eigenvalue weighted by molar-refractivity contribution is 5.89. The molecule has 1 aromatic carbocycles. The van der Waals surface area contributed by atoms with Gasteiger partial charge >= 0.3 is 6.18 Å². The number of hydrogen-bond acceptors (Lipinski definition) is 5. The number of hydrogen-bond donors (Lipinski definition) is 1. The maximum absolute atomic E-state index is 13.3. The summed E-state index contributed by atoms with van der Waals surface area (Å²) in [6.45, 7) is 4.52. The van der Waals surface area contributed by atoms with E-state index >= 15 is 0 Å². The van der Waals surface area contributed by atoms with Gasteiger partial charge in [0.1, 0.15) is 5.75 Å². The largest absolute Gasteiger partial charge is 0.493 e. The molecule has 1 aliphatic heterocycles. The molecule has 6 nitrogen and oxygen atoms in total. The van der Waals surface area contributed by atoms with Crippen LogP contribution in [0, 0.1) is 0 Å². The summed E-state index contributed by atoms with van der Waals surface area (Å²) in [6, 6.07) is 3.27.